The van der Waals surface area contributed by atoms with Gasteiger partial charge in [-0.25, -0.2) is 0 Å². The van der Waals surface area contributed by atoms with E-state index in [2.05, 4.69) is 6.58 Å². The molecule has 1 aliphatic heterocycles. The maximum absolute atomic E-state index is 11.9. The lowest BCUT2D eigenvalue weighted by atomic mass is 9.87. The Morgan fingerprint density at radius 3 is 2.95 bits per heavy atom. The highest BCUT2D eigenvalue weighted by Crippen LogP contribution is 2.37. The van der Waals surface area contributed by atoms with Crippen LogP contribution in [0.1, 0.15) is 20.3 Å². The smallest absolute Gasteiger partial charge is 0.190 e. The zero-order valence-corrected chi connectivity index (χ0v) is 11.2. The van der Waals surface area contributed by atoms with Crippen molar-refractivity contribution in [3.8, 4) is 0 Å². The largest absolute Gasteiger partial charge is 0.468 e. The number of ketones is 1. The first-order valence-electron chi connectivity index (χ1n) is 6.15. The lowest BCUT2D eigenvalue weighted by molar-refractivity contribution is -0.111. The lowest BCUT2D eigenvalue weighted by Crippen LogP contribution is -2.31. The first-order valence-corrected chi connectivity index (χ1v) is 6.15. The van der Waals surface area contributed by atoms with Gasteiger partial charge in [0, 0.05) is 11.6 Å². The molecule has 4 heteroatoms. The average Bonchev–Trinajstić information content (AvgIpc) is 2.70. The van der Waals surface area contributed by atoms with Crippen LogP contribution in [0, 0.1) is 0 Å². The van der Waals surface area contributed by atoms with Crippen molar-refractivity contribution < 1.29 is 19.4 Å². The van der Waals surface area contributed by atoms with Crippen LogP contribution >= 0.6 is 0 Å². The second kappa shape index (κ2) is 4.79. The van der Waals surface area contributed by atoms with E-state index in [1.165, 1.54) is 6.08 Å². The zero-order valence-electron chi connectivity index (χ0n) is 11.2. The molecule has 0 aromatic carbocycles. The molecule has 0 aromatic rings. The maximum atomic E-state index is 11.9. The number of aliphatic hydroxyl groups is 1. The van der Waals surface area contributed by atoms with Gasteiger partial charge in [0.25, 0.3) is 0 Å². The molecule has 1 N–H and O–H groups in total. The van der Waals surface area contributed by atoms with Gasteiger partial charge in [-0.1, -0.05) is 12.2 Å². The Morgan fingerprint density at radius 1 is 1.58 bits per heavy atom. The summed E-state index contributed by atoms with van der Waals surface area (Å²) in [6.45, 7) is 7.07. The molecule has 0 unspecified atom stereocenters. The molecular weight excluding hydrogens is 244 g/mol. The maximum Gasteiger partial charge on any atom is 0.190 e. The van der Waals surface area contributed by atoms with Gasteiger partial charge in [-0.2, -0.15) is 0 Å². The van der Waals surface area contributed by atoms with Crippen LogP contribution in [0.5, 0.6) is 0 Å². The van der Waals surface area contributed by atoms with Crippen molar-refractivity contribution in [2.24, 2.45) is 0 Å². The summed E-state index contributed by atoms with van der Waals surface area (Å²) in [5.74, 6) is 0.374. The third kappa shape index (κ3) is 2.85. The molecule has 19 heavy (non-hydrogen) atoms. The van der Waals surface area contributed by atoms with Crippen LogP contribution in [0.4, 0.5) is 0 Å². The van der Waals surface area contributed by atoms with Gasteiger partial charge in [0.15, 0.2) is 18.2 Å². The van der Waals surface area contributed by atoms with E-state index in [1.54, 1.807) is 38.2 Å². The predicted molar refractivity (Wildman–Crippen MR) is 71.2 cm³/mol. The standard InChI is InChI=1S/C15H18O4/c1-4-5-11-9-15(7-6-14(2,3)17)13(8-12(11)16)18-10-19-15/h4,6-9,17H,1,5,10H2,2-3H3/b7-6+/t15-/m0/s1. The molecule has 1 fully saturated rings. The first-order chi connectivity index (χ1) is 8.86. The van der Waals surface area contributed by atoms with E-state index in [4.69, 9.17) is 9.47 Å². The molecular formula is C15H18O4. The zero-order chi connectivity index (χ0) is 14.1. The van der Waals surface area contributed by atoms with Crippen molar-refractivity contribution >= 4 is 5.78 Å². The Balaban J connectivity index is 2.39. The summed E-state index contributed by atoms with van der Waals surface area (Å²) >= 11 is 0. The molecule has 1 saturated heterocycles. The number of hydrogen-bond acceptors (Lipinski definition) is 4. The molecule has 102 valence electrons. The summed E-state index contributed by atoms with van der Waals surface area (Å²) in [5.41, 5.74) is -1.23. The number of carbonyl (C=O) groups is 1. The van der Waals surface area contributed by atoms with Gasteiger partial charge in [0.2, 0.25) is 0 Å². The monoisotopic (exact) mass is 262 g/mol. The third-order valence-electron chi connectivity index (χ3n) is 2.97. The van der Waals surface area contributed by atoms with E-state index < -0.39 is 11.2 Å². The topological polar surface area (TPSA) is 55.8 Å². The minimum Gasteiger partial charge on any atom is -0.468 e. The van der Waals surface area contributed by atoms with Gasteiger partial charge in [0.1, 0.15) is 5.76 Å². The quantitative estimate of drug-likeness (QED) is 0.788. The summed E-state index contributed by atoms with van der Waals surface area (Å²) in [6, 6.07) is 0. The van der Waals surface area contributed by atoms with E-state index in [0.717, 1.165) is 0 Å². The minimum atomic E-state index is -0.959. The van der Waals surface area contributed by atoms with E-state index in [1.807, 2.05) is 0 Å². The molecule has 0 amide bonds. The first kappa shape index (κ1) is 13.8. The van der Waals surface area contributed by atoms with Gasteiger partial charge in [-0.3, -0.25) is 4.79 Å². The van der Waals surface area contributed by atoms with Crippen LogP contribution in [-0.4, -0.2) is 28.9 Å². The molecule has 2 aliphatic rings. The van der Waals surface area contributed by atoms with Crippen molar-refractivity contribution in [2.45, 2.75) is 31.5 Å². The Morgan fingerprint density at radius 2 is 2.32 bits per heavy atom. The average molecular weight is 262 g/mol. The summed E-state index contributed by atoms with van der Waals surface area (Å²) in [6.07, 6.45) is 8.69. The number of rotatable bonds is 4. The van der Waals surface area contributed by atoms with Crippen molar-refractivity contribution in [1.82, 2.24) is 0 Å². The molecule has 1 aliphatic carbocycles. The number of fused-ring (bicyclic) bond motifs is 1. The molecule has 1 heterocycles. The number of hydrogen-bond donors (Lipinski definition) is 1. The van der Waals surface area contributed by atoms with Crippen LogP contribution in [-0.2, 0) is 14.3 Å². The third-order valence-corrected chi connectivity index (χ3v) is 2.97. The van der Waals surface area contributed by atoms with Gasteiger partial charge >= 0.3 is 0 Å². The van der Waals surface area contributed by atoms with Gasteiger partial charge < -0.3 is 14.6 Å². The van der Waals surface area contributed by atoms with Gasteiger partial charge in [-0.15, -0.1) is 6.58 Å². The Labute approximate surface area is 112 Å². The fraction of sp³-hybridized carbons (Fsp3) is 0.400. The number of ether oxygens (including phenoxy) is 2. The summed E-state index contributed by atoms with van der Waals surface area (Å²) in [7, 11) is 0. The number of allylic oxidation sites excluding steroid dienone is 3. The highest BCUT2D eigenvalue weighted by Gasteiger charge is 2.42. The fourth-order valence-corrected chi connectivity index (χ4v) is 2.00. The fourth-order valence-electron chi connectivity index (χ4n) is 2.00. The lowest BCUT2D eigenvalue weighted by Gasteiger charge is -2.25. The van der Waals surface area contributed by atoms with E-state index in [-0.39, 0.29) is 12.6 Å². The van der Waals surface area contributed by atoms with E-state index in [9.17, 15) is 9.90 Å². The molecule has 0 spiro atoms. The van der Waals surface area contributed by atoms with Crippen molar-refractivity contribution in [2.75, 3.05) is 6.79 Å². The Hall–Kier alpha value is -1.65. The molecule has 0 saturated carbocycles. The summed E-state index contributed by atoms with van der Waals surface area (Å²) < 4.78 is 11.0. The normalized spacial score (nSPS) is 26.8. The highest BCUT2D eigenvalue weighted by molar-refractivity contribution is 6.06. The highest BCUT2D eigenvalue weighted by atomic mass is 16.7. The molecule has 4 nitrogen and oxygen atoms in total. The van der Waals surface area contributed by atoms with Crippen molar-refractivity contribution in [3.63, 3.8) is 0 Å². The number of carbonyl (C=O) groups excluding carboxylic acids is 1. The SMILES string of the molecule is C=CCC1=C[C@]2(/C=C/C(C)(C)O)OCOC2=CC1=O. The molecule has 1 atom stereocenters. The van der Waals surface area contributed by atoms with Crippen LogP contribution in [0.15, 0.2) is 48.3 Å². The van der Waals surface area contributed by atoms with Gasteiger partial charge in [-0.05, 0) is 32.4 Å². The molecule has 0 aromatic heterocycles. The Kier molecular flexibility index (Phi) is 3.47. The van der Waals surface area contributed by atoms with E-state index >= 15 is 0 Å². The van der Waals surface area contributed by atoms with Gasteiger partial charge in [0.05, 0.1) is 5.60 Å². The predicted octanol–water partition coefficient (Wildman–Crippen LogP) is 2.03. The minimum absolute atomic E-state index is 0.0901. The van der Waals surface area contributed by atoms with Crippen LogP contribution in [0.2, 0.25) is 0 Å². The summed E-state index contributed by atoms with van der Waals surface area (Å²) in [4.78, 5) is 11.9. The Bertz CT molecular complexity index is 491. The van der Waals surface area contributed by atoms with E-state index in [0.29, 0.717) is 17.8 Å². The summed E-state index contributed by atoms with van der Waals surface area (Å²) in [5, 5.41) is 9.78. The van der Waals surface area contributed by atoms with Crippen LogP contribution in [0.3, 0.4) is 0 Å². The van der Waals surface area contributed by atoms with Crippen molar-refractivity contribution in [1.29, 1.82) is 0 Å². The second-order valence-corrected chi connectivity index (χ2v) is 5.22. The van der Waals surface area contributed by atoms with Crippen LogP contribution < -0.4 is 0 Å². The molecule has 0 radical (unpaired) electrons. The van der Waals surface area contributed by atoms with Crippen LogP contribution in [0.25, 0.3) is 0 Å². The van der Waals surface area contributed by atoms with Crippen molar-refractivity contribution in [3.05, 3.63) is 48.3 Å². The molecule has 0 bridgehead atoms. The molecule has 2 rings (SSSR count). The second-order valence-electron chi connectivity index (χ2n) is 5.22.